The minimum atomic E-state index is -1.19. The quantitative estimate of drug-likeness (QED) is 0.861. The number of hydrogen-bond donors (Lipinski definition) is 1. The Labute approximate surface area is 102 Å². The third-order valence-electron chi connectivity index (χ3n) is 3.07. The van der Waals surface area contributed by atoms with Gasteiger partial charge in [-0.15, -0.1) is 0 Å². The third kappa shape index (κ3) is 1.74. The molecule has 1 N–H and O–H groups in total. The fourth-order valence-corrected chi connectivity index (χ4v) is 2.71. The molecule has 0 heterocycles. The fourth-order valence-electron chi connectivity index (χ4n) is 2.38. The highest BCUT2D eigenvalue weighted by molar-refractivity contribution is 9.10. The molecule has 1 saturated carbocycles. The normalized spacial score (nSPS) is 32.9. The second-order valence-corrected chi connectivity index (χ2v) is 5.60. The first-order valence-corrected chi connectivity index (χ1v) is 5.77. The fraction of sp³-hybridized carbons (Fsp3) is 0.417. The molecule has 1 aromatic rings. The minimum absolute atomic E-state index is 0.281. The van der Waals surface area contributed by atoms with Gasteiger partial charge in [-0.25, -0.2) is 4.39 Å². The van der Waals surface area contributed by atoms with E-state index in [1.165, 1.54) is 6.07 Å². The van der Waals surface area contributed by atoms with Crippen molar-refractivity contribution < 1.29 is 9.50 Å². The molecule has 0 atom stereocenters. The molecule has 2 nitrogen and oxygen atoms in total. The molecule has 0 amide bonds. The molecule has 0 radical (unpaired) electrons. The average Bonchev–Trinajstić information content (AvgIpc) is 2.15. The lowest BCUT2D eigenvalue weighted by molar-refractivity contribution is -0.105. The van der Waals surface area contributed by atoms with Crippen LogP contribution in [-0.4, -0.2) is 5.11 Å². The molecule has 4 heteroatoms. The van der Waals surface area contributed by atoms with Gasteiger partial charge in [0.2, 0.25) is 0 Å². The summed E-state index contributed by atoms with van der Waals surface area (Å²) in [5, 5.41) is 19.1. The van der Waals surface area contributed by atoms with Crippen molar-refractivity contribution in [3.63, 3.8) is 0 Å². The summed E-state index contributed by atoms with van der Waals surface area (Å²) in [6.45, 7) is 1.78. The van der Waals surface area contributed by atoms with Crippen LogP contribution in [0.3, 0.4) is 0 Å². The lowest BCUT2D eigenvalue weighted by atomic mass is 9.58. The van der Waals surface area contributed by atoms with E-state index in [9.17, 15) is 9.50 Å². The Kier molecular flexibility index (Phi) is 2.56. The molecule has 0 aliphatic heterocycles. The molecule has 0 saturated heterocycles. The monoisotopic (exact) mass is 283 g/mol. The molecule has 0 bridgehead atoms. The molecule has 84 valence electrons. The Morgan fingerprint density at radius 3 is 2.62 bits per heavy atom. The van der Waals surface area contributed by atoms with Crippen molar-refractivity contribution in [3.05, 3.63) is 34.1 Å². The van der Waals surface area contributed by atoms with Gasteiger partial charge in [-0.1, -0.05) is 22.0 Å². The van der Waals surface area contributed by atoms with E-state index in [0.717, 1.165) is 0 Å². The number of nitrogens with zero attached hydrogens (tertiary/aromatic N) is 1. The molecule has 0 spiro atoms. The number of benzene rings is 1. The molecule has 16 heavy (non-hydrogen) atoms. The highest BCUT2D eigenvalue weighted by atomic mass is 79.9. The number of aliphatic hydroxyl groups is 1. The lowest BCUT2D eigenvalue weighted by Crippen LogP contribution is -2.47. The van der Waals surface area contributed by atoms with Crippen LogP contribution in [0, 0.1) is 22.6 Å². The van der Waals surface area contributed by atoms with E-state index in [1.54, 1.807) is 19.1 Å². The van der Waals surface area contributed by atoms with Crippen molar-refractivity contribution in [1.29, 1.82) is 5.26 Å². The van der Waals surface area contributed by atoms with Crippen LogP contribution in [0.1, 0.15) is 25.3 Å². The van der Waals surface area contributed by atoms with Crippen molar-refractivity contribution in [2.75, 3.05) is 0 Å². The van der Waals surface area contributed by atoms with Crippen LogP contribution in [0.4, 0.5) is 4.39 Å². The molecule has 0 unspecified atom stereocenters. The number of hydrogen-bond acceptors (Lipinski definition) is 2. The van der Waals surface area contributed by atoms with E-state index >= 15 is 0 Å². The van der Waals surface area contributed by atoms with Gasteiger partial charge in [0.25, 0.3) is 0 Å². The first-order chi connectivity index (χ1) is 7.38. The summed E-state index contributed by atoms with van der Waals surface area (Å²) in [6.07, 6.45) is 0.574. The van der Waals surface area contributed by atoms with Gasteiger partial charge in [-0.2, -0.15) is 5.26 Å². The Hall–Kier alpha value is -0.920. The smallest absolute Gasteiger partial charge is 0.130 e. The molecular formula is C12H11BrFNO. The summed E-state index contributed by atoms with van der Waals surface area (Å²) in [6, 6.07) is 6.73. The van der Waals surface area contributed by atoms with E-state index in [0.29, 0.717) is 4.47 Å². The van der Waals surface area contributed by atoms with Crippen LogP contribution in [0.15, 0.2) is 22.7 Å². The first-order valence-electron chi connectivity index (χ1n) is 4.98. The number of nitriles is 1. The van der Waals surface area contributed by atoms with Crippen LogP contribution < -0.4 is 0 Å². The van der Waals surface area contributed by atoms with E-state index < -0.39 is 16.8 Å². The highest BCUT2D eigenvalue weighted by Crippen LogP contribution is 2.54. The molecule has 0 aromatic heterocycles. The average molecular weight is 284 g/mol. The summed E-state index contributed by atoms with van der Waals surface area (Å²) < 4.78 is 14.3. The summed E-state index contributed by atoms with van der Waals surface area (Å²) in [5.74, 6) is -0.433. The van der Waals surface area contributed by atoms with Crippen molar-refractivity contribution in [2.24, 2.45) is 5.41 Å². The lowest BCUT2D eigenvalue weighted by Gasteiger charge is -2.47. The van der Waals surface area contributed by atoms with E-state index in [1.807, 2.05) is 0 Å². The topological polar surface area (TPSA) is 44.0 Å². The minimum Gasteiger partial charge on any atom is -0.385 e. The van der Waals surface area contributed by atoms with Gasteiger partial charge in [0.15, 0.2) is 0 Å². The van der Waals surface area contributed by atoms with Crippen molar-refractivity contribution in [3.8, 4) is 6.07 Å². The maximum atomic E-state index is 13.6. The van der Waals surface area contributed by atoms with Gasteiger partial charge in [-0.3, -0.25) is 0 Å². The van der Waals surface area contributed by atoms with Crippen LogP contribution in [0.2, 0.25) is 0 Å². The Bertz CT molecular complexity index is 474. The predicted octanol–water partition coefficient (Wildman–Crippen LogP) is 3.10. The van der Waals surface area contributed by atoms with Gasteiger partial charge in [0, 0.05) is 10.0 Å². The van der Waals surface area contributed by atoms with Gasteiger partial charge in [0.05, 0.1) is 17.1 Å². The maximum absolute atomic E-state index is 13.6. The van der Waals surface area contributed by atoms with Crippen LogP contribution in [0.25, 0.3) is 0 Å². The van der Waals surface area contributed by atoms with Gasteiger partial charge in [0.1, 0.15) is 5.82 Å². The molecule has 1 aliphatic carbocycles. The van der Waals surface area contributed by atoms with E-state index in [2.05, 4.69) is 22.0 Å². The summed E-state index contributed by atoms with van der Waals surface area (Å²) in [5.41, 5.74) is -1.44. The third-order valence-corrected chi connectivity index (χ3v) is 3.56. The Morgan fingerprint density at radius 1 is 1.50 bits per heavy atom. The SMILES string of the molecule is CC1(C#N)CC(O)(c2ccc(Br)cc2F)C1. The first kappa shape index (κ1) is 11.6. The summed E-state index contributed by atoms with van der Waals surface area (Å²) in [4.78, 5) is 0. The Morgan fingerprint density at radius 2 is 2.12 bits per heavy atom. The number of halogens is 2. The zero-order valence-corrected chi connectivity index (χ0v) is 10.4. The molecule has 2 rings (SSSR count). The van der Waals surface area contributed by atoms with Gasteiger partial charge >= 0.3 is 0 Å². The zero-order valence-electron chi connectivity index (χ0n) is 8.80. The van der Waals surface area contributed by atoms with Crippen molar-refractivity contribution >= 4 is 15.9 Å². The van der Waals surface area contributed by atoms with Crippen molar-refractivity contribution in [1.82, 2.24) is 0 Å². The highest BCUT2D eigenvalue weighted by Gasteiger charge is 2.53. The molecule has 1 fully saturated rings. The summed E-state index contributed by atoms with van der Waals surface area (Å²) in [7, 11) is 0. The Balaban J connectivity index is 2.31. The second kappa shape index (κ2) is 3.54. The maximum Gasteiger partial charge on any atom is 0.130 e. The standard InChI is InChI=1S/C12H11BrFNO/c1-11(7-15)5-12(16,6-11)9-3-2-8(13)4-10(9)14/h2-4,16H,5-6H2,1H3. The number of rotatable bonds is 1. The summed E-state index contributed by atoms with van der Waals surface area (Å²) >= 11 is 3.17. The molecule has 1 aromatic carbocycles. The van der Waals surface area contributed by atoms with Crippen molar-refractivity contribution in [2.45, 2.75) is 25.4 Å². The predicted molar refractivity (Wildman–Crippen MR) is 61.0 cm³/mol. The largest absolute Gasteiger partial charge is 0.385 e. The van der Waals surface area contributed by atoms with Gasteiger partial charge in [-0.05, 0) is 31.9 Å². The van der Waals surface area contributed by atoms with Crippen LogP contribution in [-0.2, 0) is 5.60 Å². The molecule has 1 aliphatic rings. The van der Waals surface area contributed by atoms with Gasteiger partial charge < -0.3 is 5.11 Å². The van der Waals surface area contributed by atoms with Crippen LogP contribution >= 0.6 is 15.9 Å². The van der Waals surface area contributed by atoms with E-state index in [4.69, 9.17) is 5.26 Å². The zero-order chi connectivity index (χ0) is 12.0. The second-order valence-electron chi connectivity index (χ2n) is 4.68. The van der Waals surface area contributed by atoms with E-state index in [-0.39, 0.29) is 18.4 Å². The molecular weight excluding hydrogens is 273 g/mol. The van der Waals surface area contributed by atoms with Crippen LogP contribution in [0.5, 0.6) is 0 Å².